The number of aromatic nitrogens is 3. The minimum absolute atomic E-state index is 0.0251. The van der Waals surface area contributed by atoms with Crippen molar-refractivity contribution < 1.29 is 5.11 Å². The van der Waals surface area contributed by atoms with E-state index in [1.165, 1.54) is 0 Å². The molecule has 0 aliphatic heterocycles. The summed E-state index contributed by atoms with van der Waals surface area (Å²) >= 11 is 0. The van der Waals surface area contributed by atoms with Gasteiger partial charge in [0, 0.05) is 22.0 Å². The number of phenolic OH excluding ortho intramolecular Hbond substituents is 1. The third-order valence-corrected chi connectivity index (χ3v) is 4.24. The molecule has 2 aromatic carbocycles. The molecule has 0 fully saturated rings. The lowest BCUT2D eigenvalue weighted by atomic mass is 10.1. The van der Waals surface area contributed by atoms with Crippen molar-refractivity contribution in [3.63, 3.8) is 0 Å². The van der Waals surface area contributed by atoms with Crippen LogP contribution in [0.25, 0.3) is 32.8 Å². The van der Waals surface area contributed by atoms with E-state index < -0.39 is 0 Å². The molecular weight excluding hydrogens is 292 g/mol. The predicted octanol–water partition coefficient (Wildman–Crippen LogP) is 3.85. The summed E-state index contributed by atoms with van der Waals surface area (Å²) in [7, 11) is 0. The van der Waals surface area contributed by atoms with Crippen molar-refractivity contribution >= 4 is 32.8 Å². The molecule has 0 spiro atoms. The van der Waals surface area contributed by atoms with E-state index in [1.807, 2.05) is 26.0 Å². The van der Waals surface area contributed by atoms with E-state index in [9.17, 15) is 10.0 Å². The van der Waals surface area contributed by atoms with Crippen LogP contribution >= 0.6 is 0 Å². The van der Waals surface area contributed by atoms with Gasteiger partial charge in [-0.2, -0.15) is 4.91 Å². The van der Waals surface area contributed by atoms with E-state index >= 15 is 0 Å². The van der Waals surface area contributed by atoms with Crippen LogP contribution < -0.4 is 0 Å². The van der Waals surface area contributed by atoms with Gasteiger partial charge in [-0.15, -0.1) is 0 Å². The van der Waals surface area contributed by atoms with Gasteiger partial charge in [-0.3, -0.25) is 0 Å². The molecule has 0 aliphatic rings. The van der Waals surface area contributed by atoms with Gasteiger partial charge in [-0.25, -0.2) is 9.97 Å². The Labute approximate surface area is 131 Å². The molecule has 0 radical (unpaired) electrons. The predicted molar refractivity (Wildman–Crippen MR) is 89.5 cm³/mol. The summed E-state index contributed by atoms with van der Waals surface area (Å²) in [6.45, 7) is 3.92. The topological polar surface area (TPSA) is 91.2 Å². The molecule has 23 heavy (non-hydrogen) atoms. The van der Waals surface area contributed by atoms with Crippen molar-refractivity contribution in [3.05, 3.63) is 46.1 Å². The number of nitrogens with zero attached hydrogens (tertiary/aromatic N) is 3. The van der Waals surface area contributed by atoms with Gasteiger partial charge in [0.2, 0.25) is 0 Å². The lowest BCUT2D eigenvalue weighted by molar-refractivity contribution is 0.480. The Kier molecular flexibility index (Phi) is 2.81. The molecule has 6 heteroatoms. The van der Waals surface area contributed by atoms with Gasteiger partial charge in [0.25, 0.3) is 0 Å². The fraction of sp³-hybridized carbons (Fsp3) is 0.176. The minimum Gasteiger partial charge on any atom is -0.506 e. The molecule has 0 saturated carbocycles. The molecule has 6 nitrogen and oxygen atoms in total. The lowest BCUT2D eigenvalue weighted by Gasteiger charge is -2.08. The second-order valence-corrected chi connectivity index (χ2v) is 5.68. The molecule has 0 unspecified atom stereocenters. The molecule has 2 aromatic heterocycles. The quantitative estimate of drug-likeness (QED) is 0.550. The zero-order valence-corrected chi connectivity index (χ0v) is 12.7. The van der Waals surface area contributed by atoms with Gasteiger partial charge in [0.05, 0.1) is 22.2 Å². The first-order valence-corrected chi connectivity index (χ1v) is 7.29. The van der Waals surface area contributed by atoms with Crippen molar-refractivity contribution in [2.24, 2.45) is 5.18 Å². The first-order valence-electron chi connectivity index (χ1n) is 7.29. The number of aromatic hydroxyl groups is 1. The van der Waals surface area contributed by atoms with Gasteiger partial charge in [0.1, 0.15) is 17.8 Å². The molecule has 4 rings (SSSR count). The molecule has 114 valence electrons. The smallest absolute Gasteiger partial charge is 0.141 e. The van der Waals surface area contributed by atoms with Crippen molar-refractivity contribution in [2.45, 2.75) is 20.4 Å². The number of phenols is 1. The second-order valence-electron chi connectivity index (χ2n) is 5.68. The van der Waals surface area contributed by atoms with Crippen LogP contribution in [0.5, 0.6) is 5.75 Å². The molecule has 0 amide bonds. The molecule has 0 aliphatic carbocycles. The van der Waals surface area contributed by atoms with E-state index in [2.05, 4.69) is 15.1 Å². The van der Waals surface area contributed by atoms with Crippen molar-refractivity contribution in [2.75, 3.05) is 0 Å². The van der Waals surface area contributed by atoms with Crippen LogP contribution in [0.2, 0.25) is 0 Å². The first kappa shape index (κ1) is 13.6. The van der Waals surface area contributed by atoms with E-state index in [1.54, 1.807) is 12.1 Å². The van der Waals surface area contributed by atoms with E-state index in [0.717, 1.165) is 38.8 Å². The Bertz CT molecular complexity index is 1100. The highest BCUT2D eigenvalue weighted by atomic mass is 16.3. The fourth-order valence-electron chi connectivity index (χ4n) is 3.01. The van der Waals surface area contributed by atoms with Crippen LogP contribution in [0.4, 0.5) is 0 Å². The Balaban J connectivity index is 2.30. The first-order chi connectivity index (χ1) is 11.1. The number of rotatable bonds is 2. The third-order valence-electron chi connectivity index (χ3n) is 4.24. The Morgan fingerprint density at radius 2 is 2.00 bits per heavy atom. The number of hydrogen-bond donors (Lipinski definition) is 2. The monoisotopic (exact) mass is 306 g/mol. The van der Waals surface area contributed by atoms with E-state index in [-0.39, 0.29) is 12.3 Å². The average Bonchev–Trinajstić information content (AvgIpc) is 2.91. The summed E-state index contributed by atoms with van der Waals surface area (Å²) < 4.78 is 0. The Morgan fingerprint density at radius 3 is 2.78 bits per heavy atom. The van der Waals surface area contributed by atoms with Gasteiger partial charge >= 0.3 is 0 Å². The number of aromatic amines is 1. The molecule has 0 saturated heterocycles. The zero-order chi connectivity index (χ0) is 16.1. The number of aryl methyl sites for hydroxylation is 2. The zero-order valence-electron chi connectivity index (χ0n) is 12.7. The van der Waals surface area contributed by atoms with Crippen molar-refractivity contribution in [1.82, 2.24) is 15.0 Å². The maximum atomic E-state index is 10.8. The number of H-pyrrole nitrogens is 1. The number of fused-ring (bicyclic) bond motifs is 5. The van der Waals surface area contributed by atoms with Gasteiger partial charge < -0.3 is 10.1 Å². The van der Waals surface area contributed by atoms with Crippen molar-refractivity contribution in [1.29, 1.82) is 0 Å². The SMILES string of the molecule is Cc1nc2c(cc(CN=O)c3nc4c(O)cccc4c32)[nH]c1C. The fourth-order valence-corrected chi connectivity index (χ4v) is 3.01. The summed E-state index contributed by atoms with van der Waals surface area (Å²) in [5.74, 6) is 0.115. The number of nitroso groups, excluding NO2 is 1. The summed E-state index contributed by atoms with van der Waals surface area (Å²) in [5.41, 5.74) is 5.38. The van der Waals surface area contributed by atoms with Crippen LogP contribution in [0.1, 0.15) is 17.0 Å². The lowest BCUT2D eigenvalue weighted by Crippen LogP contribution is -1.96. The number of nitrogens with one attached hydrogen (secondary N) is 1. The summed E-state index contributed by atoms with van der Waals surface area (Å²) in [6.07, 6.45) is 0. The largest absolute Gasteiger partial charge is 0.506 e. The number of para-hydroxylation sites is 1. The molecule has 0 bridgehead atoms. The molecular formula is C17H14N4O2. The maximum absolute atomic E-state index is 10.8. The Hall–Kier alpha value is -3.02. The summed E-state index contributed by atoms with van der Waals surface area (Å²) in [5, 5.41) is 14.8. The van der Waals surface area contributed by atoms with E-state index in [0.29, 0.717) is 11.0 Å². The Morgan fingerprint density at radius 1 is 1.17 bits per heavy atom. The molecule has 2 N–H and O–H groups in total. The molecule has 0 atom stereocenters. The highest BCUT2D eigenvalue weighted by Crippen LogP contribution is 2.36. The number of hydrogen-bond acceptors (Lipinski definition) is 5. The second kappa shape index (κ2) is 4.74. The minimum atomic E-state index is 0.0251. The van der Waals surface area contributed by atoms with Crippen LogP contribution in [-0.2, 0) is 6.54 Å². The van der Waals surface area contributed by atoms with Crippen LogP contribution in [-0.4, -0.2) is 20.1 Å². The standard InChI is InChI=1S/C17H14N4O2/c1-8-9(2)20-17-12(19-8)6-10(7-18-23)15-14(17)11-4-3-5-13(22)16(11)21-15/h3-6,19,22H,7H2,1-2H3. The maximum Gasteiger partial charge on any atom is 0.141 e. The van der Waals surface area contributed by atoms with Crippen LogP contribution in [0, 0.1) is 18.8 Å². The van der Waals surface area contributed by atoms with E-state index in [4.69, 9.17) is 4.98 Å². The van der Waals surface area contributed by atoms with Gasteiger partial charge in [-0.05, 0) is 26.0 Å². The highest BCUT2D eigenvalue weighted by Gasteiger charge is 2.17. The average molecular weight is 306 g/mol. The molecule has 4 aromatic rings. The van der Waals surface area contributed by atoms with Gasteiger partial charge in [0.15, 0.2) is 0 Å². The van der Waals surface area contributed by atoms with Crippen LogP contribution in [0.3, 0.4) is 0 Å². The summed E-state index contributed by atoms with van der Waals surface area (Å²) in [6, 6.07) is 7.14. The normalized spacial score (nSPS) is 11.6. The van der Waals surface area contributed by atoms with Crippen molar-refractivity contribution in [3.8, 4) is 5.75 Å². The van der Waals surface area contributed by atoms with Gasteiger partial charge in [-0.1, -0.05) is 17.3 Å². The summed E-state index contributed by atoms with van der Waals surface area (Å²) in [4.78, 5) is 23.4. The third kappa shape index (κ3) is 1.88. The van der Waals surface area contributed by atoms with Crippen LogP contribution in [0.15, 0.2) is 29.4 Å². The molecule has 2 heterocycles. The number of benzene rings is 2. The highest BCUT2D eigenvalue weighted by molar-refractivity contribution is 6.20.